The summed E-state index contributed by atoms with van der Waals surface area (Å²) in [6, 6.07) is 18.1. The molecule has 26 heavy (non-hydrogen) atoms. The van der Waals surface area contributed by atoms with Gasteiger partial charge in [-0.05, 0) is 43.4 Å². The van der Waals surface area contributed by atoms with E-state index in [9.17, 15) is 4.79 Å². The molecule has 1 heterocycles. The van der Waals surface area contributed by atoms with Gasteiger partial charge in [-0.3, -0.25) is 9.48 Å². The van der Waals surface area contributed by atoms with E-state index in [1.165, 1.54) is 11.3 Å². The molecule has 1 aliphatic carbocycles. The quantitative estimate of drug-likeness (QED) is 0.775. The maximum absolute atomic E-state index is 12.7. The van der Waals surface area contributed by atoms with Crippen molar-refractivity contribution < 1.29 is 4.79 Å². The molecule has 4 nitrogen and oxygen atoms in total. The van der Waals surface area contributed by atoms with Crippen LogP contribution in [0.1, 0.15) is 51.6 Å². The van der Waals surface area contributed by atoms with Crippen LogP contribution >= 0.6 is 0 Å². The lowest BCUT2D eigenvalue weighted by atomic mass is 9.92. The van der Waals surface area contributed by atoms with Crippen LogP contribution in [0, 0.1) is 6.92 Å². The van der Waals surface area contributed by atoms with Crippen LogP contribution in [-0.4, -0.2) is 15.7 Å². The third-order valence-corrected chi connectivity index (χ3v) is 5.13. The van der Waals surface area contributed by atoms with E-state index in [2.05, 4.69) is 39.4 Å². The van der Waals surface area contributed by atoms with Crippen molar-refractivity contribution in [2.75, 3.05) is 0 Å². The van der Waals surface area contributed by atoms with Crippen molar-refractivity contribution in [1.82, 2.24) is 15.1 Å². The Balaban J connectivity index is 1.55. The molecular formula is C22H23N3O. The van der Waals surface area contributed by atoms with Gasteiger partial charge in [0.15, 0.2) is 0 Å². The number of hydrogen-bond acceptors (Lipinski definition) is 2. The SMILES string of the molecule is Cc1ccccc1C(=O)NC1CCCc2c1cnn2Cc1ccccc1. The van der Waals surface area contributed by atoms with E-state index in [-0.39, 0.29) is 11.9 Å². The second-order valence-electron chi connectivity index (χ2n) is 6.92. The number of aromatic nitrogens is 2. The minimum atomic E-state index is -0.00300. The largest absolute Gasteiger partial charge is 0.345 e. The summed E-state index contributed by atoms with van der Waals surface area (Å²) < 4.78 is 2.08. The van der Waals surface area contributed by atoms with Gasteiger partial charge in [0.05, 0.1) is 18.8 Å². The molecule has 2 aromatic carbocycles. The highest BCUT2D eigenvalue weighted by atomic mass is 16.1. The number of amides is 1. The maximum Gasteiger partial charge on any atom is 0.252 e. The van der Waals surface area contributed by atoms with Crippen LogP contribution in [0.2, 0.25) is 0 Å². The molecule has 0 radical (unpaired) electrons. The predicted octanol–water partition coefficient (Wildman–Crippen LogP) is 4.05. The summed E-state index contributed by atoms with van der Waals surface area (Å²) in [6.07, 6.45) is 4.97. The van der Waals surface area contributed by atoms with Crippen molar-refractivity contribution in [3.63, 3.8) is 0 Å². The summed E-state index contributed by atoms with van der Waals surface area (Å²) in [5.74, 6) is -0.00300. The fraction of sp³-hybridized carbons (Fsp3) is 0.273. The van der Waals surface area contributed by atoms with Gasteiger partial charge in [-0.15, -0.1) is 0 Å². The van der Waals surface area contributed by atoms with Gasteiger partial charge in [-0.25, -0.2) is 0 Å². The smallest absolute Gasteiger partial charge is 0.252 e. The van der Waals surface area contributed by atoms with Gasteiger partial charge in [-0.2, -0.15) is 5.10 Å². The van der Waals surface area contributed by atoms with Gasteiger partial charge in [0, 0.05) is 16.8 Å². The fourth-order valence-corrected chi connectivity index (χ4v) is 3.72. The number of nitrogens with one attached hydrogen (secondary N) is 1. The number of fused-ring (bicyclic) bond motifs is 1. The summed E-state index contributed by atoms with van der Waals surface area (Å²) in [6.45, 7) is 2.74. The van der Waals surface area contributed by atoms with Gasteiger partial charge in [0.2, 0.25) is 0 Å². The zero-order valence-electron chi connectivity index (χ0n) is 15.0. The molecule has 1 unspecified atom stereocenters. The van der Waals surface area contributed by atoms with Crippen LogP contribution in [0.5, 0.6) is 0 Å². The van der Waals surface area contributed by atoms with Crippen molar-refractivity contribution in [1.29, 1.82) is 0 Å². The Bertz CT molecular complexity index is 914. The van der Waals surface area contributed by atoms with Gasteiger partial charge in [-0.1, -0.05) is 48.5 Å². The Morgan fingerprint density at radius 3 is 2.73 bits per heavy atom. The molecule has 4 rings (SSSR count). The van der Waals surface area contributed by atoms with Crippen molar-refractivity contribution in [2.24, 2.45) is 0 Å². The van der Waals surface area contributed by atoms with E-state index in [1.807, 2.05) is 43.5 Å². The number of carbonyl (C=O) groups excluding carboxylic acids is 1. The molecule has 1 atom stereocenters. The van der Waals surface area contributed by atoms with Gasteiger partial charge >= 0.3 is 0 Å². The highest BCUT2D eigenvalue weighted by molar-refractivity contribution is 5.95. The van der Waals surface area contributed by atoms with Crippen LogP contribution in [-0.2, 0) is 13.0 Å². The summed E-state index contributed by atoms with van der Waals surface area (Å²) in [5.41, 5.74) is 5.39. The Morgan fingerprint density at radius 2 is 1.92 bits per heavy atom. The highest BCUT2D eigenvalue weighted by Crippen LogP contribution is 2.30. The van der Waals surface area contributed by atoms with E-state index < -0.39 is 0 Å². The van der Waals surface area contributed by atoms with E-state index in [4.69, 9.17) is 0 Å². The average Bonchev–Trinajstić information content (AvgIpc) is 3.07. The number of carbonyl (C=O) groups is 1. The first-order valence-corrected chi connectivity index (χ1v) is 9.17. The first-order valence-electron chi connectivity index (χ1n) is 9.17. The predicted molar refractivity (Wildman–Crippen MR) is 102 cm³/mol. The topological polar surface area (TPSA) is 46.9 Å². The minimum Gasteiger partial charge on any atom is -0.345 e. The van der Waals surface area contributed by atoms with Crippen LogP contribution in [0.25, 0.3) is 0 Å². The average molecular weight is 345 g/mol. The van der Waals surface area contributed by atoms with E-state index >= 15 is 0 Å². The Kier molecular flexibility index (Phi) is 4.57. The maximum atomic E-state index is 12.7. The van der Waals surface area contributed by atoms with Crippen LogP contribution in [0.15, 0.2) is 60.8 Å². The second-order valence-corrected chi connectivity index (χ2v) is 6.92. The molecule has 0 saturated carbocycles. The third kappa shape index (κ3) is 3.27. The van der Waals surface area contributed by atoms with E-state index in [0.29, 0.717) is 0 Å². The molecule has 3 aromatic rings. The van der Waals surface area contributed by atoms with Crippen molar-refractivity contribution in [3.05, 3.63) is 88.7 Å². The Morgan fingerprint density at radius 1 is 1.15 bits per heavy atom. The lowest BCUT2D eigenvalue weighted by Gasteiger charge is -2.24. The van der Waals surface area contributed by atoms with E-state index in [0.717, 1.165) is 42.5 Å². The molecule has 132 valence electrons. The molecule has 0 spiro atoms. The van der Waals surface area contributed by atoms with Crippen LogP contribution in [0.4, 0.5) is 0 Å². The third-order valence-electron chi connectivity index (χ3n) is 5.13. The molecular weight excluding hydrogens is 322 g/mol. The monoisotopic (exact) mass is 345 g/mol. The number of rotatable bonds is 4. The number of nitrogens with zero attached hydrogens (tertiary/aromatic N) is 2. The fourth-order valence-electron chi connectivity index (χ4n) is 3.72. The molecule has 1 aliphatic rings. The summed E-state index contributed by atoms with van der Waals surface area (Å²) >= 11 is 0. The highest BCUT2D eigenvalue weighted by Gasteiger charge is 2.26. The summed E-state index contributed by atoms with van der Waals surface area (Å²) in [7, 11) is 0. The zero-order valence-corrected chi connectivity index (χ0v) is 15.0. The lowest BCUT2D eigenvalue weighted by molar-refractivity contribution is 0.0932. The lowest BCUT2D eigenvalue weighted by Crippen LogP contribution is -2.31. The van der Waals surface area contributed by atoms with Crippen molar-refractivity contribution in [2.45, 2.75) is 38.8 Å². The normalized spacial score (nSPS) is 16.1. The molecule has 1 N–H and O–H groups in total. The minimum absolute atomic E-state index is 0.00300. The molecule has 0 saturated heterocycles. The van der Waals surface area contributed by atoms with Gasteiger partial charge in [0.25, 0.3) is 5.91 Å². The molecule has 0 fully saturated rings. The second kappa shape index (κ2) is 7.16. The molecule has 4 heteroatoms. The van der Waals surface area contributed by atoms with Gasteiger partial charge in [0.1, 0.15) is 0 Å². The standard InChI is InChI=1S/C22H23N3O/c1-16-8-5-6-11-18(16)22(26)24-20-12-7-13-21-19(20)14-23-25(21)15-17-9-3-2-4-10-17/h2-6,8-11,14,20H,7,12-13,15H2,1H3,(H,24,26). The summed E-state index contributed by atoms with van der Waals surface area (Å²) in [4.78, 5) is 12.7. The Labute approximate surface area is 153 Å². The van der Waals surface area contributed by atoms with Gasteiger partial charge < -0.3 is 5.32 Å². The van der Waals surface area contributed by atoms with Crippen LogP contribution < -0.4 is 5.32 Å². The van der Waals surface area contributed by atoms with Crippen molar-refractivity contribution in [3.8, 4) is 0 Å². The zero-order chi connectivity index (χ0) is 17.9. The first-order chi connectivity index (χ1) is 12.7. The Hall–Kier alpha value is -2.88. The number of aryl methyl sites for hydroxylation is 1. The van der Waals surface area contributed by atoms with E-state index in [1.54, 1.807) is 0 Å². The number of benzene rings is 2. The molecule has 0 bridgehead atoms. The number of hydrogen-bond donors (Lipinski definition) is 1. The summed E-state index contributed by atoms with van der Waals surface area (Å²) in [5, 5.41) is 7.82. The molecule has 1 aromatic heterocycles. The first kappa shape index (κ1) is 16.6. The van der Waals surface area contributed by atoms with Crippen LogP contribution in [0.3, 0.4) is 0 Å². The van der Waals surface area contributed by atoms with Crippen molar-refractivity contribution >= 4 is 5.91 Å². The molecule has 1 amide bonds. The molecule has 0 aliphatic heterocycles.